The lowest BCUT2D eigenvalue weighted by Gasteiger charge is -2.24. The van der Waals surface area contributed by atoms with Gasteiger partial charge in [-0.15, -0.1) is 0 Å². The van der Waals surface area contributed by atoms with E-state index in [9.17, 15) is 15.4 Å². The number of quaternary nitrogens is 1. The van der Waals surface area contributed by atoms with Gasteiger partial charge < -0.3 is 15.0 Å². The van der Waals surface area contributed by atoms with Crippen LogP contribution in [0.15, 0.2) is 42.5 Å². The van der Waals surface area contributed by atoms with E-state index < -0.39 is 4.92 Å². The van der Waals surface area contributed by atoms with E-state index in [4.69, 9.17) is 4.74 Å². The molecular weight excluding hydrogens is 320 g/mol. The Morgan fingerprint density at radius 1 is 1.32 bits per heavy atom. The van der Waals surface area contributed by atoms with Crippen molar-refractivity contribution in [3.8, 4) is 11.8 Å². The summed E-state index contributed by atoms with van der Waals surface area (Å²) < 4.78 is 5.45. The Morgan fingerprint density at radius 2 is 2.04 bits per heavy atom. The van der Waals surface area contributed by atoms with Crippen LogP contribution in [0.4, 0.5) is 11.4 Å². The van der Waals surface area contributed by atoms with Gasteiger partial charge in [0.15, 0.2) is 0 Å². The molecule has 0 aromatic heterocycles. The van der Waals surface area contributed by atoms with Crippen LogP contribution < -0.4 is 15.0 Å². The number of rotatable bonds is 7. The van der Waals surface area contributed by atoms with Gasteiger partial charge in [-0.2, -0.15) is 5.26 Å². The van der Waals surface area contributed by atoms with Crippen LogP contribution in [0.25, 0.3) is 0 Å². The summed E-state index contributed by atoms with van der Waals surface area (Å²) in [6.45, 7) is 0.551. The highest BCUT2D eigenvalue weighted by atomic mass is 16.6. The number of ether oxygens (including phenoxy) is 1. The minimum absolute atomic E-state index is 0.0814. The number of nitrogens with one attached hydrogen (secondary N) is 2. The van der Waals surface area contributed by atoms with Crippen molar-refractivity contribution in [3.05, 3.63) is 63.7 Å². The Balaban J connectivity index is 2.25. The molecule has 0 fully saturated rings. The number of methoxy groups -OCH3 is 1. The van der Waals surface area contributed by atoms with Crippen LogP contribution >= 0.6 is 0 Å². The zero-order valence-corrected chi connectivity index (χ0v) is 14.4. The van der Waals surface area contributed by atoms with E-state index in [0.29, 0.717) is 12.2 Å². The SMILES string of the molecule is COc1ccccc1[C@H](CNc1ccc([N+](=O)[O-])cc1C#N)[NH+](C)C. The first kappa shape index (κ1) is 18.2. The third-order valence-electron chi connectivity index (χ3n) is 4.04. The number of hydrogen-bond donors (Lipinski definition) is 2. The predicted molar refractivity (Wildman–Crippen MR) is 94.8 cm³/mol. The van der Waals surface area contributed by atoms with Crippen LogP contribution in [0.3, 0.4) is 0 Å². The fourth-order valence-electron chi connectivity index (χ4n) is 2.68. The fourth-order valence-corrected chi connectivity index (χ4v) is 2.68. The van der Waals surface area contributed by atoms with E-state index in [-0.39, 0.29) is 17.3 Å². The molecule has 1 atom stereocenters. The molecule has 2 N–H and O–H groups in total. The number of nitro groups is 1. The second-order valence-electron chi connectivity index (χ2n) is 5.85. The number of nitro benzene ring substituents is 1. The molecule has 0 bridgehead atoms. The molecule has 0 radical (unpaired) electrons. The highest BCUT2D eigenvalue weighted by Crippen LogP contribution is 2.25. The molecule has 0 amide bonds. The Labute approximate surface area is 146 Å². The highest BCUT2D eigenvalue weighted by Gasteiger charge is 2.22. The number of likely N-dealkylation sites (N-methyl/N-ethyl adjacent to an activating group) is 1. The third-order valence-corrected chi connectivity index (χ3v) is 4.04. The first-order valence-electron chi connectivity index (χ1n) is 7.83. The molecule has 0 spiro atoms. The molecule has 2 rings (SSSR count). The summed E-state index contributed by atoms with van der Waals surface area (Å²) in [6.07, 6.45) is 0. The topological polar surface area (TPSA) is 92.6 Å². The van der Waals surface area contributed by atoms with Crippen molar-refractivity contribution < 1.29 is 14.6 Å². The van der Waals surface area contributed by atoms with Gasteiger partial charge in [-0.1, -0.05) is 12.1 Å². The van der Waals surface area contributed by atoms with Gasteiger partial charge >= 0.3 is 0 Å². The Bertz CT molecular complexity index is 799. The first-order valence-corrected chi connectivity index (χ1v) is 7.83. The van der Waals surface area contributed by atoms with Crippen LogP contribution in [0, 0.1) is 21.4 Å². The quantitative estimate of drug-likeness (QED) is 0.591. The summed E-state index contributed by atoms with van der Waals surface area (Å²) in [5.41, 5.74) is 1.79. The molecule has 0 aliphatic carbocycles. The number of nitriles is 1. The van der Waals surface area contributed by atoms with E-state index in [1.165, 1.54) is 17.0 Å². The number of nitrogens with zero attached hydrogens (tertiary/aromatic N) is 2. The molecular formula is C18H21N4O3+. The number of hydrogen-bond acceptors (Lipinski definition) is 5. The largest absolute Gasteiger partial charge is 0.496 e. The second-order valence-corrected chi connectivity index (χ2v) is 5.85. The van der Waals surface area contributed by atoms with Gasteiger partial charge in [-0.25, -0.2) is 0 Å². The fraction of sp³-hybridized carbons (Fsp3) is 0.278. The van der Waals surface area contributed by atoms with E-state index in [2.05, 4.69) is 5.32 Å². The van der Waals surface area contributed by atoms with Crippen molar-refractivity contribution in [2.75, 3.05) is 33.1 Å². The second kappa shape index (κ2) is 8.13. The molecule has 130 valence electrons. The molecule has 0 heterocycles. The van der Waals surface area contributed by atoms with Crippen molar-refractivity contribution in [1.29, 1.82) is 5.26 Å². The van der Waals surface area contributed by atoms with Gasteiger partial charge in [0.1, 0.15) is 17.9 Å². The van der Waals surface area contributed by atoms with Gasteiger partial charge in [-0.3, -0.25) is 10.1 Å². The summed E-state index contributed by atoms with van der Waals surface area (Å²) >= 11 is 0. The Morgan fingerprint density at radius 3 is 2.64 bits per heavy atom. The van der Waals surface area contributed by atoms with Crippen LogP contribution in [-0.4, -0.2) is 32.7 Å². The van der Waals surface area contributed by atoms with Crippen molar-refractivity contribution in [3.63, 3.8) is 0 Å². The molecule has 0 aliphatic heterocycles. The zero-order chi connectivity index (χ0) is 18.4. The Hall–Kier alpha value is -3.11. The summed E-state index contributed by atoms with van der Waals surface area (Å²) in [7, 11) is 5.72. The zero-order valence-electron chi connectivity index (χ0n) is 14.4. The Kier molecular flexibility index (Phi) is 5.93. The van der Waals surface area contributed by atoms with Crippen molar-refractivity contribution in [2.45, 2.75) is 6.04 Å². The molecule has 0 unspecified atom stereocenters. The minimum atomic E-state index is -0.508. The minimum Gasteiger partial charge on any atom is -0.496 e. The number of anilines is 1. The maximum atomic E-state index is 10.8. The van der Waals surface area contributed by atoms with Crippen LogP contribution in [0.2, 0.25) is 0 Å². The normalized spacial score (nSPS) is 11.6. The predicted octanol–water partition coefficient (Wildman–Crippen LogP) is 1.77. The van der Waals surface area contributed by atoms with E-state index in [1.807, 2.05) is 44.4 Å². The molecule has 2 aromatic carbocycles. The number of benzene rings is 2. The smallest absolute Gasteiger partial charge is 0.270 e. The van der Waals surface area contributed by atoms with Crippen LogP contribution in [-0.2, 0) is 0 Å². The number of para-hydroxylation sites is 1. The maximum Gasteiger partial charge on any atom is 0.270 e. The molecule has 0 saturated heterocycles. The van der Waals surface area contributed by atoms with Crippen LogP contribution in [0.1, 0.15) is 17.2 Å². The molecule has 0 saturated carbocycles. The summed E-state index contributed by atoms with van der Waals surface area (Å²) in [6, 6.07) is 14.1. The van der Waals surface area contributed by atoms with Crippen molar-refractivity contribution >= 4 is 11.4 Å². The van der Waals surface area contributed by atoms with Crippen LogP contribution in [0.5, 0.6) is 5.75 Å². The first-order chi connectivity index (χ1) is 12.0. The lowest BCUT2D eigenvalue weighted by molar-refractivity contribution is -0.890. The lowest BCUT2D eigenvalue weighted by Crippen LogP contribution is -3.06. The van der Waals surface area contributed by atoms with Gasteiger partial charge in [0, 0.05) is 12.1 Å². The number of non-ortho nitro benzene ring substituents is 1. The highest BCUT2D eigenvalue weighted by molar-refractivity contribution is 5.61. The molecule has 7 heteroatoms. The average molecular weight is 341 g/mol. The van der Waals surface area contributed by atoms with Gasteiger partial charge in [0.25, 0.3) is 5.69 Å². The van der Waals surface area contributed by atoms with E-state index in [1.54, 1.807) is 13.2 Å². The standard InChI is InChI=1S/C18H20N4O3/c1-21(2)17(15-6-4-5-7-18(15)25-3)12-20-16-9-8-14(22(23)24)10-13(16)11-19/h4-10,17,20H,12H2,1-3H3/p+1/t17-/m0/s1. The molecule has 25 heavy (non-hydrogen) atoms. The van der Waals surface area contributed by atoms with Gasteiger partial charge in [-0.05, 0) is 18.2 Å². The van der Waals surface area contributed by atoms with Crippen molar-refractivity contribution in [2.24, 2.45) is 0 Å². The van der Waals surface area contributed by atoms with Crippen molar-refractivity contribution in [1.82, 2.24) is 0 Å². The van der Waals surface area contributed by atoms with E-state index >= 15 is 0 Å². The average Bonchev–Trinajstić information content (AvgIpc) is 2.61. The summed E-state index contributed by atoms with van der Waals surface area (Å²) in [4.78, 5) is 11.5. The molecule has 7 nitrogen and oxygen atoms in total. The third kappa shape index (κ3) is 4.25. The summed E-state index contributed by atoms with van der Waals surface area (Å²) in [5.74, 6) is 0.805. The lowest BCUT2D eigenvalue weighted by atomic mass is 10.0. The van der Waals surface area contributed by atoms with E-state index in [0.717, 1.165) is 11.3 Å². The van der Waals surface area contributed by atoms with Gasteiger partial charge in [0.05, 0.1) is 49.5 Å². The maximum absolute atomic E-state index is 10.8. The monoisotopic (exact) mass is 341 g/mol. The van der Waals surface area contributed by atoms with Gasteiger partial charge in [0.2, 0.25) is 0 Å². The molecule has 0 aliphatic rings. The summed E-state index contributed by atoms with van der Waals surface area (Å²) in [5, 5.41) is 23.4. The molecule has 2 aromatic rings.